The molecule has 0 atom stereocenters. The second-order valence-corrected chi connectivity index (χ2v) is 4.74. The van der Waals surface area contributed by atoms with Crippen molar-refractivity contribution in [3.05, 3.63) is 70.5 Å². The number of halogens is 2. The van der Waals surface area contributed by atoms with Crippen LogP contribution < -0.4 is 10.9 Å². The SMILES string of the molecule is C=C(NNC(=O)c1ccncc1)c1ccc(Cl)c(Cl)c1. The minimum absolute atomic E-state index is 0.284. The average Bonchev–Trinajstić information content (AvgIpc) is 2.48. The van der Waals surface area contributed by atoms with Crippen LogP contribution in [0, 0.1) is 0 Å². The maximum absolute atomic E-state index is 11.8. The van der Waals surface area contributed by atoms with E-state index >= 15 is 0 Å². The summed E-state index contributed by atoms with van der Waals surface area (Å²) in [6.45, 7) is 3.82. The summed E-state index contributed by atoms with van der Waals surface area (Å²) in [5.41, 5.74) is 7.00. The van der Waals surface area contributed by atoms with Crippen LogP contribution in [0.15, 0.2) is 49.3 Å². The minimum Gasteiger partial charge on any atom is -0.298 e. The molecule has 6 heteroatoms. The van der Waals surface area contributed by atoms with Crippen LogP contribution >= 0.6 is 23.2 Å². The zero-order valence-corrected chi connectivity index (χ0v) is 11.9. The quantitative estimate of drug-likeness (QED) is 0.852. The van der Waals surface area contributed by atoms with E-state index < -0.39 is 0 Å². The molecule has 0 fully saturated rings. The predicted molar refractivity (Wildman–Crippen MR) is 80.3 cm³/mol. The van der Waals surface area contributed by atoms with E-state index in [1.165, 1.54) is 0 Å². The van der Waals surface area contributed by atoms with Gasteiger partial charge in [0.15, 0.2) is 0 Å². The van der Waals surface area contributed by atoms with Crippen molar-refractivity contribution >= 4 is 34.8 Å². The normalized spacial score (nSPS) is 9.90. The smallest absolute Gasteiger partial charge is 0.269 e. The number of hydrogen-bond acceptors (Lipinski definition) is 3. The number of hydrazine groups is 1. The van der Waals surface area contributed by atoms with Gasteiger partial charge in [-0.3, -0.25) is 20.6 Å². The third-order valence-corrected chi connectivity index (χ3v) is 3.28. The van der Waals surface area contributed by atoms with Crippen molar-refractivity contribution in [3.8, 4) is 0 Å². The van der Waals surface area contributed by atoms with Crippen LogP contribution in [0.4, 0.5) is 0 Å². The van der Waals surface area contributed by atoms with Gasteiger partial charge in [0, 0.05) is 23.5 Å². The highest BCUT2D eigenvalue weighted by Gasteiger charge is 2.06. The fourth-order valence-electron chi connectivity index (χ4n) is 1.46. The highest BCUT2D eigenvalue weighted by atomic mass is 35.5. The molecule has 0 unspecified atom stereocenters. The van der Waals surface area contributed by atoms with Gasteiger partial charge in [0.1, 0.15) is 0 Å². The van der Waals surface area contributed by atoms with E-state index in [1.54, 1.807) is 42.7 Å². The van der Waals surface area contributed by atoms with E-state index in [0.717, 1.165) is 5.56 Å². The molecule has 102 valence electrons. The third kappa shape index (κ3) is 3.50. The summed E-state index contributed by atoms with van der Waals surface area (Å²) in [4.78, 5) is 15.7. The van der Waals surface area contributed by atoms with Crippen molar-refractivity contribution in [2.75, 3.05) is 0 Å². The van der Waals surface area contributed by atoms with Crippen LogP contribution in [0.25, 0.3) is 5.70 Å². The Balaban J connectivity index is 1.98. The predicted octanol–water partition coefficient (Wildman–Crippen LogP) is 3.29. The number of amides is 1. The molecule has 2 rings (SSSR count). The fourth-order valence-corrected chi connectivity index (χ4v) is 1.76. The van der Waals surface area contributed by atoms with E-state index in [-0.39, 0.29) is 5.91 Å². The summed E-state index contributed by atoms with van der Waals surface area (Å²) in [6.07, 6.45) is 3.09. The Kier molecular flexibility index (Phi) is 4.61. The summed E-state index contributed by atoms with van der Waals surface area (Å²) in [5.74, 6) is -0.284. The molecule has 1 amide bonds. The molecule has 0 saturated carbocycles. The van der Waals surface area contributed by atoms with Crippen molar-refractivity contribution in [2.24, 2.45) is 0 Å². The lowest BCUT2D eigenvalue weighted by Gasteiger charge is -2.11. The van der Waals surface area contributed by atoms with Gasteiger partial charge in [-0.2, -0.15) is 0 Å². The molecule has 0 spiro atoms. The Morgan fingerprint density at radius 1 is 1.00 bits per heavy atom. The van der Waals surface area contributed by atoms with Crippen molar-refractivity contribution < 1.29 is 4.79 Å². The Hall–Kier alpha value is -2.04. The molecule has 0 aliphatic carbocycles. The van der Waals surface area contributed by atoms with Crippen LogP contribution in [0.5, 0.6) is 0 Å². The van der Waals surface area contributed by atoms with Crippen molar-refractivity contribution in [3.63, 3.8) is 0 Å². The van der Waals surface area contributed by atoms with Crippen LogP contribution in [0.1, 0.15) is 15.9 Å². The van der Waals surface area contributed by atoms with Gasteiger partial charge in [-0.1, -0.05) is 35.8 Å². The van der Waals surface area contributed by atoms with E-state index in [9.17, 15) is 4.79 Å². The molecular formula is C14H11Cl2N3O. The molecule has 0 radical (unpaired) electrons. The first-order chi connectivity index (χ1) is 9.58. The summed E-state index contributed by atoms with van der Waals surface area (Å²) < 4.78 is 0. The third-order valence-electron chi connectivity index (χ3n) is 2.54. The summed E-state index contributed by atoms with van der Waals surface area (Å²) in [7, 11) is 0. The zero-order valence-electron chi connectivity index (χ0n) is 10.4. The summed E-state index contributed by atoms with van der Waals surface area (Å²) in [5, 5.41) is 0.886. The lowest BCUT2D eigenvalue weighted by molar-refractivity contribution is 0.0942. The number of aromatic nitrogens is 1. The molecule has 0 aliphatic heterocycles. The van der Waals surface area contributed by atoms with E-state index in [2.05, 4.69) is 22.4 Å². The number of nitrogens with one attached hydrogen (secondary N) is 2. The Labute approximate surface area is 126 Å². The molecule has 0 bridgehead atoms. The molecular weight excluding hydrogens is 297 g/mol. The van der Waals surface area contributed by atoms with E-state index in [0.29, 0.717) is 21.3 Å². The van der Waals surface area contributed by atoms with Gasteiger partial charge in [-0.05, 0) is 24.3 Å². The molecule has 0 saturated heterocycles. The molecule has 2 N–H and O–H groups in total. The van der Waals surface area contributed by atoms with Crippen molar-refractivity contribution in [2.45, 2.75) is 0 Å². The maximum atomic E-state index is 11.8. The number of hydrogen-bond donors (Lipinski definition) is 2. The number of pyridine rings is 1. The lowest BCUT2D eigenvalue weighted by atomic mass is 10.2. The van der Waals surface area contributed by atoms with Gasteiger partial charge in [0.05, 0.1) is 15.7 Å². The molecule has 1 aromatic heterocycles. The number of rotatable bonds is 4. The van der Waals surface area contributed by atoms with Gasteiger partial charge < -0.3 is 0 Å². The van der Waals surface area contributed by atoms with Crippen molar-refractivity contribution in [1.29, 1.82) is 0 Å². The monoisotopic (exact) mass is 307 g/mol. The first-order valence-electron chi connectivity index (χ1n) is 5.68. The number of carbonyl (C=O) groups excluding carboxylic acids is 1. The highest BCUT2D eigenvalue weighted by molar-refractivity contribution is 6.42. The number of carbonyl (C=O) groups is 1. The average molecular weight is 308 g/mol. The molecule has 2 aromatic rings. The summed E-state index contributed by atoms with van der Waals surface area (Å²) in [6, 6.07) is 8.30. The summed E-state index contributed by atoms with van der Waals surface area (Å²) >= 11 is 11.8. The minimum atomic E-state index is -0.284. The van der Waals surface area contributed by atoms with Crippen LogP contribution in [0.3, 0.4) is 0 Å². The first-order valence-corrected chi connectivity index (χ1v) is 6.44. The van der Waals surface area contributed by atoms with E-state index in [4.69, 9.17) is 23.2 Å². The topological polar surface area (TPSA) is 54.0 Å². The molecule has 20 heavy (non-hydrogen) atoms. The molecule has 0 aliphatic rings. The number of nitrogens with zero attached hydrogens (tertiary/aromatic N) is 1. The van der Waals surface area contributed by atoms with Gasteiger partial charge in [-0.25, -0.2) is 0 Å². The second kappa shape index (κ2) is 6.41. The largest absolute Gasteiger partial charge is 0.298 e. The zero-order chi connectivity index (χ0) is 14.5. The highest BCUT2D eigenvalue weighted by Crippen LogP contribution is 2.24. The van der Waals surface area contributed by atoms with Crippen LogP contribution in [0.2, 0.25) is 10.0 Å². The molecule has 1 aromatic carbocycles. The standard InChI is InChI=1S/C14H11Cl2N3O/c1-9(11-2-3-12(15)13(16)8-11)18-19-14(20)10-4-6-17-7-5-10/h2-8,18H,1H2,(H,19,20). The van der Waals surface area contributed by atoms with Gasteiger partial charge in [0.25, 0.3) is 5.91 Å². The van der Waals surface area contributed by atoms with Crippen LogP contribution in [-0.4, -0.2) is 10.9 Å². The fraction of sp³-hybridized carbons (Fsp3) is 0. The van der Waals surface area contributed by atoms with Gasteiger partial charge in [0.2, 0.25) is 0 Å². The maximum Gasteiger partial charge on any atom is 0.269 e. The molecule has 1 heterocycles. The van der Waals surface area contributed by atoms with Gasteiger partial charge >= 0.3 is 0 Å². The Morgan fingerprint density at radius 2 is 1.70 bits per heavy atom. The lowest BCUT2D eigenvalue weighted by Crippen LogP contribution is -2.35. The Bertz CT molecular complexity index is 644. The van der Waals surface area contributed by atoms with E-state index in [1.807, 2.05) is 0 Å². The molecule has 4 nitrogen and oxygen atoms in total. The second-order valence-electron chi connectivity index (χ2n) is 3.92. The Morgan fingerprint density at radius 3 is 2.35 bits per heavy atom. The first kappa shape index (κ1) is 14.4. The van der Waals surface area contributed by atoms with Gasteiger partial charge in [-0.15, -0.1) is 0 Å². The number of benzene rings is 1. The van der Waals surface area contributed by atoms with Crippen molar-refractivity contribution in [1.82, 2.24) is 15.8 Å². The van der Waals surface area contributed by atoms with Crippen LogP contribution in [-0.2, 0) is 0 Å².